The van der Waals surface area contributed by atoms with Gasteiger partial charge in [0.15, 0.2) is 5.75 Å². The molecule has 32 heavy (non-hydrogen) atoms. The smallest absolute Gasteiger partial charge is 0.253 e. The molecule has 1 unspecified atom stereocenters. The first kappa shape index (κ1) is 20.9. The monoisotopic (exact) mass is 433 g/mol. The lowest BCUT2D eigenvalue weighted by Crippen LogP contribution is -2.25. The third-order valence-corrected chi connectivity index (χ3v) is 7.06. The Kier molecular flexibility index (Phi) is 5.57. The van der Waals surface area contributed by atoms with E-state index >= 15 is 0 Å². The summed E-state index contributed by atoms with van der Waals surface area (Å²) in [4.78, 5) is 22.3. The lowest BCUT2D eigenvalue weighted by molar-refractivity contribution is -0.111. The fourth-order valence-corrected chi connectivity index (χ4v) is 5.20. The fraction of sp³-hybridized carbons (Fsp3) is 0.520. The summed E-state index contributed by atoms with van der Waals surface area (Å²) < 4.78 is 8.19. The normalized spacial score (nSPS) is 23.6. The van der Waals surface area contributed by atoms with Gasteiger partial charge in [0, 0.05) is 24.6 Å². The first-order valence-corrected chi connectivity index (χ1v) is 11.7. The summed E-state index contributed by atoms with van der Waals surface area (Å²) in [6, 6.07) is 9.03. The van der Waals surface area contributed by atoms with Gasteiger partial charge in [-0.05, 0) is 70.1 Å². The van der Waals surface area contributed by atoms with Crippen molar-refractivity contribution >= 4 is 17.8 Å². The van der Waals surface area contributed by atoms with Crippen LogP contribution in [0.15, 0.2) is 24.3 Å². The molecule has 5 rings (SSSR count). The van der Waals surface area contributed by atoms with Gasteiger partial charge in [-0.25, -0.2) is 4.98 Å². The lowest BCUT2D eigenvalue weighted by atomic mass is 9.79. The fourth-order valence-electron chi connectivity index (χ4n) is 5.20. The number of hydrogen-bond acceptors (Lipinski definition) is 6. The van der Waals surface area contributed by atoms with Gasteiger partial charge in [0.1, 0.15) is 18.2 Å². The van der Waals surface area contributed by atoms with Gasteiger partial charge in [-0.15, -0.1) is 5.10 Å². The van der Waals surface area contributed by atoms with E-state index in [0.29, 0.717) is 17.5 Å². The molecule has 7 nitrogen and oxygen atoms in total. The highest BCUT2D eigenvalue weighted by atomic mass is 16.5. The number of aromatic nitrogens is 4. The summed E-state index contributed by atoms with van der Waals surface area (Å²) >= 11 is 0. The highest BCUT2D eigenvalue weighted by Crippen LogP contribution is 2.36. The number of carbonyl (C=O) groups is 1. The molecular weight excluding hydrogens is 402 g/mol. The third-order valence-electron chi connectivity index (χ3n) is 7.06. The second-order valence-electron chi connectivity index (χ2n) is 9.30. The van der Waals surface area contributed by atoms with Gasteiger partial charge in [-0.1, -0.05) is 12.1 Å². The second-order valence-corrected chi connectivity index (χ2v) is 9.30. The summed E-state index contributed by atoms with van der Waals surface area (Å²) in [6.45, 7) is 7.70. The van der Waals surface area contributed by atoms with E-state index in [-0.39, 0.29) is 12.0 Å². The van der Waals surface area contributed by atoms with Gasteiger partial charge >= 0.3 is 0 Å². The predicted octanol–water partition coefficient (Wildman–Crippen LogP) is 4.18. The van der Waals surface area contributed by atoms with Crippen LogP contribution in [0, 0.1) is 26.7 Å². The number of aldehydes is 1. The molecule has 2 fully saturated rings. The number of aryl methyl sites for hydroxylation is 3. The Morgan fingerprint density at radius 3 is 2.47 bits per heavy atom. The summed E-state index contributed by atoms with van der Waals surface area (Å²) in [5.41, 5.74) is 4.45. The lowest BCUT2D eigenvalue weighted by Gasteiger charge is -2.26. The Bertz CT molecular complexity index is 1120. The van der Waals surface area contributed by atoms with Crippen LogP contribution in [0.2, 0.25) is 0 Å². The zero-order valence-electron chi connectivity index (χ0n) is 19.1. The molecule has 7 heteroatoms. The van der Waals surface area contributed by atoms with Crippen LogP contribution in [0.1, 0.15) is 60.8 Å². The zero-order chi connectivity index (χ0) is 22.2. The van der Waals surface area contributed by atoms with Gasteiger partial charge in [0.25, 0.3) is 5.78 Å². The van der Waals surface area contributed by atoms with Crippen molar-refractivity contribution in [1.29, 1.82) is 0 Å². The Labute approximate surface area is 188 Å². The average Bonchev–Trinajstić information content (AvgIpc) is 3.43. The number of ether oxygens (including phenoxy) is 1. The van der Waals surface area contributed by atoms with Crippen molar-refractivity contribution in [2.45, 2.75) is 64.9 Å². The minimum atomic E-state index is 0.120. The Morgan fingerprint density at radius 1 is 1.00 bits per heavy atom. The van der Waals surface area contributed by atoms with E-state index in [9.17, 15) is 4.79 Å². The zero-order valence-corrected chi connectivity index (χ0v) is 19.1. The summed E-state index contributed by atoms with van der Waals surface area (Å²) in [6.07, 6.45) is 6.51. The maximum Gasteiger partial charge on any atom is 0.253 e. The first-order valence-electron chi connectivity index (χ1n) is 11.7. The van der Waals surface area contributed by atoms with Crippen molar-refractivity contribution in [2.24, 2.45) is 5.92 Å². The molecule has 0 spiro atoms. The van der Waals surface area contributed by atoms with E-state index in [1.807, 2.05) is 20.8 Å². The van der Waals surface area contributed by atoms with Crippen molar-refractivity contribution in [3.05, 3.63) is 47.0 Å². The number of benzene rings is 1. The summed E-state index contributed by atoms with van der Waals surface area (Å²) in [7, 11) is 0. The van der Waals surface area contributed by atoms with Crippen LogP contribution in [0.5, 0.6) is 5.75 Å². The van der Waals surface area contributed by atoms with Crippen LogP contribution >= 0.6 is 0 Å². The van der Waals surface area contributed by atoms with E-state index in [1.165, 1.54) is 11.3 Å². The molecule has 2 aliphatic rings. The van der Waals surface area contributed by atoms with Gasteiger partial charge in [-0.2, -0.15) is 9.50 Å². The molecule has 1 saturated heterocycles. The second kappa shape index (κ2) is 8.52. The molecule has 0 N–H and O–H groups in total. The standard InChI is InChI=1S/C25H31N5O2/c1-16-24(17(2)30-25(26-16)27-18(3)28-30)32-23-12-13-29(14-23)22-10-8-21(9-11-22)20-6-4-19(15-31)5-7-20/h8-11,15,19-20,23H,4-7,12-14H2,1-3H3. The largest absolute Gasteiger partial charge is 0.485 e. The van der Waals surface area contributed by atoms with E-state index in [4.69, 9.17) is 4.74 Å². The minimum absolute atomic E-state index is 0.120. The van der Waals surface area contributed by atoms with E-state index in [2.05, 4.69) is 44.2 Å². The van der Waals surface area contributed by atoms with Gasteiger partial charge in [0.05, 0.1) is 17.9 Å². The molecule has 0 amide bonds. The maximum atomic E-state index is 11.0. The van der Waals surface area contributed by atoms with Crippen molar-refractivity contribution in [3.63, 3.8) is 0 Å². The molecule has 168 valence electrons. The molecule has 1 atom stereocenters. The Morgan fingerprint density at radius 2 is 1.75 bits per heavy atom. The quantitative estimate of drug-likeness (QED) is 0.562. The molecule has 1 saturated carbocycles. The van der Waals surface area contributed by atoms with Crippen LogP contribution in [0.3, 0.4) is 0 Å². The molecule has 0 bridgehead atoms. The molecule has 1 aromatic carbocycles. The summed E-state index contributed by atoms with van der Waals surface area (Å²) in [5, 5.41) is 4.44. The number of anilines is 1. The maximum absolute atomic E-state index is 11.0. The molecule has 1 aliphatic heterocycles. The Hall–Kier alpha value is -2.96. The van der Waals surface area contributed by atoms with Crippen molar-refractivity contribution < 1.29 is 9.53 Å². The molecule has 0 radical (unpaired) electrons. The van der Waals surface area contributed by atoms with Crippen LogP contribution in [-0.4, -0.2) is 45.1 Å². The van der Waals surface area contributed by atoms with Crippen LogP contribution in [0.4, 0.5) is 5.69 Å². The average molecular weight is 434 g/mol. The third kappa shape index (κ3) is 3.96. The van der Waals surface area contributed by atoms with Crippen LogP contribution < -0.4 is 9.64 Å². The minimum Gasteiger partial charge on any atom is -0.485 e. The molecule has 3 aromatic rings. The molecule has 1 aliphatic carbocycles. The Balaban J connectivity index is 1.24. The number of rotatable bonds is 5. The molecular formula is C25H31N5O2. The predicted molar refractivity (Wildman–Crippen MR) is 123 cm³/mol. The van der Waals surface area contributed by atoms with Gasteiger partial charge in [0.2, 0.25) is 0 Å². The van der Waals surface area contributed by atoms with Crippen LogP contribution in [-0.2, 0) is 4.79 Å². The number of hydrogen-bond donors (Lipinski definition) is 0. The first-order chi connectivity index (χ1) is 15.5. The highest BCUT2D eigenvalue weighted by Gasteiger charge is 2.27. The number of nitrogens with zero attached hydrogens (tertiary/aromatic N) is 5. The van der Waals surface area contributed by atoms with Crippen LogP contribution in [0.25, 0.3) is 5.78 Å². The van der Waals surface area contributed by atoms with Crippen molar-refractivity contribution in [1.82, 2.24) is 19.6 Å². The molecule has 3 heterocycles. The van der Waals surface area contributed by atoms with E-state index in [0.717, 1.165) is 68.6 Å². The highest BCUT2D eigenvalue weighted by molar-refractivity contribution is 5.54. The topological polar surface area (TPSA) is 72.6 Å². The SMILES string of the molecule is Cc1nc2nc(C)c(OC3CCN(c4ccc(C5CCC(C=O)CC5)cc4)C3)c(C)n2n1. The van der Waals surface area contributed by atoms with Crippen molar-refractivity contribution in [3.8, 4) is 5.75 Å². The number of carbonyl (C=O) groups excluding carboxylic acids is 1. The molecule has 2 aromatic heterocycles. The summed E-state index contributed by atoms with van der Waals surface area (Å²) in [5.74, 6) is 3.00. The van der Waals surface area contributed by atoms with E-state index < -0.39 is 0 Å². The number of fused-ring (bicyclic) bond motifs is 1. The van der Waals surface area contributed by atoms with E-state index in [1.54, 1.807) is 4.52 Å². The van der Waals surface area contributed by atoms with Crippen molar-refractivity contribution in [2.75, 3.05) is 18.0 Å². The van der Waals surface area contributed by atoms with Gasteiger partial charge in [-0.3, -0.25) is 0 Å². The van der Waals surface area contributed by atoms with Gasteiger partial charge < -0.3 is 14.4 Å².